The number of aromatic nitrogens is 1. The van der Waals surface area contributed by atoms with Gasteiger partial charge in [0, 0.05) is 24.1 Å². The highest BCUT2D eigenvalue weighted by Gasteiger charge is 2.13. The Balaban J connectivity index is 2.65. The highest BCUT2D eigenvalue weighted by atomic mass is 32.2. The standard InChI is InChI=1S/C10H18N2O2S2/c1-7(2)9(11)4-8-5-15-10(12-8)6-16(3,13)14/h5,7,9H,4,6,11H2,1-3H3. The summed E-state index contributed by atoms with van der Waals surface area (Å²) in [6, 6.07) is 0.0770. The van der Waals surface area contributed by atoms with Crippen LogP contribution in [-0.2, 0) is 22.0 Å². The molecular formula is C10H18N2O2S2. The monoisotopic (exact) mass is 262 g/mol. The fourth-order valence-corrected chi connectivity index (χ4v) is 3.23. The van der Waals surface area contributed by atoms with Gasteiger partial charge < -0.3 is 5.73 Å². The van der Waals surface area contributed by atoms with Crippen LogP contribution in [0.2, 0.25) is 0 Å². The van der Waals surface area contributed by atoms with Crippen molar-refractivity contribution in [3.05, 3.63) is 16.1 Å². The molecule has 0 aromatic carbocycles. The van der Waals surface area contributed by atoms with Crippen LogP contribution in [0.3, 0.4) is 0 Å². The average molecular weight is 262 g/mol. The average Bonchev–Trinajstić information content (AvgIpc) is 2.49. The van der Waals surface area contributed by atoms with E-state index in [1.165, 1.54) is 17.6 Å². The predicted molar refractivity (Wildman–Crippen MR) is 67.2 cm³/mol. The fourth-order valence-electron chi connectivity index (χ4n) is 1.21. The summed E-state index contributed by atoms with van der Waals surface area (Å²) >= 11 is 1.38. The Morgan fingerprint density at radius 1 is 1.50 bits per heavy atom. The van der Waals surface area contributed by atoms with Crippen molar-refractivity contribution in [1.29, 1.82) is 0 Å². The normalized spacial score (nSPS) is 14.3. The largest absolute Gasteiger partial charge is 0.327 e. The number of hydrogen-bond acceptors (Lipinski definition) is 5. The molecule has 1 aromatic heterocycles. The van der Waals surface area contributed by atoms with E-state index < -0.39 is 9.84 Å². The molecule has 0 aliphatic rings. The van der Waals surface area contributed by atoms with E-state index in [4.69, 9.17) is 5.73 Å². The molecule has 92 valence electrons. The molecule has 0 aliphatic carbocycles. The van der Waals surface area contributed by atoms with Gasteiger partial charge in [0.1, 0.15) is 10.8 Å². The summed E-state index contributed by atoms with van der Waals surface area (Å²) in [7, 11) is -2.99. The number of nitrogens with zero attached hydrogens (tertiary/aromatic N) is 1. The molecular weight excluding hydrogens is 244 g/mol. The zero-order chi connectivity index (χ0) is 12.3. The van der Waals surface area contributed by atoms with E-state index in [1.54, 1.807) is 0 Å². The molecule has 4 nitrogen and oxygen atoms in total. The highest BCUT2D eigenvalue weighted by Crippen LogP contribution is 2.15. The summed E-state index contributed by atoms with van der Waals surface area (Å²) in [5.41, 5.74) is 6.82. The first-order chi connectivity index (χ1) is 7.28. The van der Waals surface area contributed by atoms with Crippen LogP contribution in [0.5, 0.6) is 0 Å². The smallest absolute Gasteiger partial charge is 0.153 e. The second-order valence-corrected chi connectivity index (χ2v) is 7.50. The lowest BCUT2D eigenvalue weighted by Gasteiger charge is -2.13. The maximum atomic E-state index is 11.1. The van der Waals surface area contributed by atoms with Gasteiger partial charge in [-0.3, -0.25) is 0 Å². The quantitative estimate of drug-likeness (QED) is 0.865. The summed E-state index contributed by atoms with van der Waals surface area (Å²) in [6.07, 6.45) is 1.92. The zero-order valence-corrected chi connectivity index (χ0v) is 11.4. The highest BCUT2D eigenvalue weighted by molar-refractivity contribution is 7.90. The molecule has 1 rings (SSSR count). The van der Waals surface area contributed by atoms with Crippen LogP contribution in [0.4, 0.5) is 0 Å². The summed E-state index contributed by atoms with van der Waals surface area (Å²) in [5.74, 6) is 0.425. The maximum Gasteiger partial charge on any atom is 0.153 e. The summed E-state index contributed by atoms with van der Waals surface area (Å²) < 4.78 is 22.2. The van der Waals surface area contributed by atoms with E-state index in [-0.39, 0.29) is 11.8 Å². The first-order valence-electron chi connectivity index (χ1n) is 5.14. The van der Waals surface area contributed by atoms with Gasteiger partial charge in [0.25, 0.3) is 0 Å². The minimum Gasteiger partial charge on any atom is -0.327 e. The SMILES string of the molecule is CC(C)C(N)Cc1csc(CS(C)(=O)=O)n1. The first kappa shape index (κ1) is 13.6. The topological polar surface area (TPSA) is 73.1 Å². The van der Waals surface area contributed by atoms with Crippen molar-refractivity contribution in [2.45, 2.75) is 32.1 Å². The van der Waals surface area contributed by atoms with Gasteiger partial charge in [-0.15, -0.1) is 11.3 Å². The van der Waals surface area contributed by atoms with Crippen molar-refractivity contribution < 1.29 is 8.42 Å². The lowest BCUT2D eigenvalue weighted by Crippen LogP contribution is -2.28. The van der Waals surface area contributed by atoms with Crippen LogP contribution >= 0.6 is 11.3 Å². The molecule has 2 N–H and O–H groups in total. The number of hydrogen-bond donors (Lipinski definition) is 1. The van der Waals surface area contributed by atoms with Crippen LogP contribution in [0.25, 0.3) is 0 Å². The van der Waals surface area contributed by atoms with Crippen LogP contribution in [-0.4, -0.2) is 25.7 Å². The van der Waals surface area contributed by atoms with Gasteiger partial charge in [0.15, 0.2) is 9.84 Å². The molecule has 0 fully saturated rings. The van der Waals surface area contributed by atoms with Gasteiger partial charge in [-0.2, -0.15) is 0 Å². The van der Waals surface area contributed by atoms with Crippen molar-refractivity contribution in [3.8, 4) is 0 Å². The molecule has 16 heavy (non-hydrogen) atoms. The minimum atomic E-state index is -2.99. The van der Waals surface area contributed by atoms with E-state index in [9.17, 15) is 8.42 Å². The fraction of sp³-hybridized carbons (Fsp3) is 0.700. The van der Waals surface area contributed by atoms with Crippen LogP contribution in [0.15, 0.2) is 5.38 Å². The third-order valence-corrected chi connectivity index (χ3v) is 4.16. The molecule has 6 heteroatoms. The van der Waals surface area contributed by atoms with E-state index >= 15 is 0 Å². The molecule has 0 spiro atoms. The van der Waals surface area contributed by atoms with E-state index in [0.717, 1.165) is 5.69 Å². The van der Waals surface area contributed by atoms with Crippen LogP contribution < -0.4 is 5.73 Å². The van der Waals surface area contributed by atoms with E-state index in [1.807, 2.05) is 5.38 Å². The van der Waals surface area contributed by atoms with Gasteiger partial charge in [-0.05, 0) is 5.92 Å². The third kappa shape index (κ3) is 4.59. The van der Waals surface area contributed by atoms with Gasteiger partial charge in [0.2, 0.25) is 0 Å². The van der Waals surface area contributed by atoms with Gasteiger partial charge >= 0.3 is 0 Å². The summed E-state index contributed by atoms with van der Waals surface area (Å²) in [6.45, 7) is 4.13. The van der Waals surface area contributed by atoms with Crippen LogP contribution in [0.1, 0.15) is 24.5 Å². The molecule has 1 aromatic rings. The molecule has 1 unspecified atom stereocenters. The Labute approximate surface area is 101 Å². The molecule has 1 atom stereocenters. The summed E-state index contributed by atoms with van der Waals surface area (Å²) in [4.78, 5) is 4.28. The Morgan fingerprint density at radius 3 is 2.62 bits per heavy atom. The maximum absolute atomic E-state index is 11.1. The lowest BCUT2D eigenvalue weighted by molar-refractivity contribution is 0.487. The van der Waals surface area contributed by atoms with Crippen molar-refractivity contribution in [2.75, 3.05) is 6.26 Å². The predicted octanol–water partition coefficient (Wildman–Crippen LogP) is 1.21. The molecule has 1 heterocycles. The number of thiazole rings is 1. The Morgan fingerprint density at radius 2 is 2.12 bits per heavy atom. The van der Waals surface area contributed by atoms with Gasteiger partial charge in [-0.1, -0.05) is 13.8 Å². The molecule has 0 bridgehead atoms. The zero-order valence-electron chi connectivity index (χ0n) is 9.80. The van der Waals surface area contributed by atoms with Gasteiger partial charge in [0.05, 0.1) is 5.69 Å². The van der Waals surface area contributed by atoms with E-state index in [2.05, 4.69) is 18.8 Å². The van der Waals surface area contributed by atoms with Crippen molar-refractivity contribution in [2.24, 2.45) is 11.7 Å². The summed E-state index contributed by atoms with van der Waals surface area (Å²) in [5, 5.41) is 2.54. The first-order valence-corrected chi connectivity index (χ1v) is 8.08. The number of sulfone groups is 1. The third-order valence-electron chi connectivity index (χ3n) is 2.29. The van der Waals surface area contributed by atoms with Crippen molar-refractivity contribution in [1.82, 2.24) is 4.98 Å². The molecule has 0 amide bonds. The Bertz CT molecular complexity index is 437. The number of nitrogens with two attached hydrogens (primary N) is 1. The Hall–Kier alpha value is -0.460. The van der Waals surface area contributed by atoms with Crippen LogP contribution in [0, 0.1) is 5.92 Å². The Kier molecular flexibility index (Phi) is 4.46. The molecule has 0 saturated heterocycles. The van der Waals surface area contributed by atoms with E-state index in [0.29, 0.717) is 17.3 Å². The van der Waals surface area contributed by atoms with Crippen molar-refractivity contribution >= 4 is 21.2 Å². The number of rotatable bonds is 5. The molecule has 0 aliphatic heterocycles. The van der Waals surface area contributed by atoms with Crippen molar-refractivity contribution in [3.63, 3.8) is 0 Å². The molecule has 0 radical (unpaired) electrons. The molecule has 0 saturated carbocycles. The lowest BCUT2D eigenvalue weighted by atomic mass is 10.0. The second-order valence-electron chi connectivity index (χ2n) is 4.41. The van der Waals surface area contributed by atoms with Gasteiger partial charge in [-0.25, -0.2) is 13.4 Å². The second kappa shape index (κ2) is 5.25. The minimum absolute atomic E-state index is 0.0224.